The van der Waals surface area contributed by atoms with Gasteiger partial charge in [0, 0.05) is 31.6 Å². The van der Waals surface area contributed by atoms with E-state index in [4.69, 9.17) is 4.74 Å². The quantitative estimate of drug-likeness (QED) is 0.142. The van der Waals surface area contributed by atoms with Gasteiger partial charge in [-0.3, -0.25) is 34.4 Å². The fourth-order valence-electron chi connectivity index (χ4n) is 10.7. The average Bonchev–Trinajstić information content (AvgIpc) is 3.61. The molecule has 5 aliphatic rings. The number of aryl methyl sites for hydroxylation is 1. The molecule has 10 nitrogen and oxygen atoms in total. The van der Waals surface area contributed by atoms with Gasteiger partial charge < -0.3 is 9.84 Å². The maximum absolute atomic E-state index is 15.4. The van der Waals surface area contributed by atoms with Gasteiger partial charge in [-0.15, -0.1) is 0 Å². The van der Waals surface area contributed by atoms with E-state index < -0.39 is 35.0 Å². The van der Waals surface area contributed by atoms with Crippen LogP contribution in [0.1, 0.15) is 60.8 Å². The Hall–Kier alpha value is -5.74. The Bertz CT molecular complexity index is 2230. The summed E-state index contributed by atoms with van der Waals surface area (Å²) in [5, 5.41) is 12.0. The number of allylic oxidation sites excluding steroid dienone is 2. The lowest BCUT2D eigenvalue weighted by molar-refractivity contribution is -0.144. The number of hydrazine groups is 1. The third-order valence-electron chi connectivity index (χ3n) is 13.2. The standard InChI is InChI=1S/C47H48N4O6/c1-3-57-40-26-31(16-21-39(40)52)42-35-19-20-36-41(45(55)50(43(36)53)34-22-24-49(25-23-34)28-30-10-6-4-7-11-30)37(35)27-38-44(54)51(48-33-17-14-29(2)15-18-33)46(56)47(38,42)32-12-8-5-9-13-32/h4-19,21,26,34,36-38,41-42,48,52H,3,20,22-25,27-28H2,1-2H3/t36-,37+,38-,41-,42-,47+/m0/s1. The van der Waals surface area contributed by atoms with Crippen LogP contribution >= 0.6 is 0 Å². The smallest absolute Gasteiger partial charge is 0.260 e. The van der Waals surface area contributed by atoms with E-state index >= 15 is 4.79 Å². The fraction of sp³-hybridized carbons (Fsp3) is 0.362. The van der Waals surface area contributed by atoms with Gasteiger partial charge in [-0.05, 0) is 86.4 Å². The molecule has 0 radical (unpaired) electrons. The molecule has 4 aromatic carbocycles. The van der Waals surface area contributed by atoms with Crippen molar-refractivity contribution >= 4 is 29.3 Å². The molecule has 0 spiro atoms. The molecule has 1 saturated carbocycles. The first-order valence-electron chi connectivity index (χ1n) is 20.3. The molecule has 292 valence electrons. The van der Waals surface area contributed by atoms with Crippen LogP contribution in [-0.4, -0.2) is 69.3 Å². The monoisotopic (exact) mass is 764 g/mol. The second kappa shape index (κ2) is 14.6. The van der Waals surface area contributed by atoms with Crippen LogP contribution in [0.25, 0.3) is 0 Å². The molecule has 3 heterocycles. The molecule has 4 aromatic rings. The van der Waals surface area contributed by atoms with E-state index in [1.807, 2.05) is 86.6 Å². The molecule has 0 bridgehead atoms. The zero-order valence-electron chi connectivity index (χ0n) is 32.3. The minimum atomic E-state index is -1.40. The Labute approximate surface area is 333 Å². The number of phenols is 1. The van der Waals surface area contributed by atoms with Crippen molar-refractivity contribution in [3.63, 3.8) is 0 Å². The fourth-order valence-corrected chi connectivity index (χ4v) is 10.7. The lowest BCUT2D eigenvalue weighted by Crippen LogP contribution is -2.53. The number of nitrogens with one attached hydrogen (secondary N) is 1. The summed E-state index contributed by atoms with van der Waals surface area (Å²) < 4.78 is 5.88. The lowest BCUT2D eigenvalue weighted by Gasteiger charge is -2.50. The molecule has 4 fully saturated rings. The molecule has 2 aliphatic carbocycles. The number of hydrogen-bond acceptors (Lipinski definition) is 8. The molecule has 2 N–H and O–H groups in total. The van der Waals surface area contributed by atoms with Crippen molar-refractivity contribution in [3.05, 3.63) is 137 Å². The summed E-state index contributed by atoms with van der Waals surface area (Å²) in [5.74, 6) is -4.04. The first-order chi connectivity index (χ1) is 27.7. The number of nitrogens with zero attached hydrogens (tertiary/aromatic N) is 3. The highest BCUT2D eigenvalue weighted by Gasteiger charge is 2.70. The Morgan fingerprint density at radius 1 is 0.825 bits per heavy atom. The van der Waals surface area contributed by atoms with Crippen LogP contribution in [0.4, 0.5) is 5.69 Å². The summed E-state index contributed by atoms with van der Waals surface area (Å²) in [6, 6.07) is 32.3. The predicted molar refractivity (Wildman–Crippen MR) is 215 cm³/mol. The summed E-state index contributed by atoms with van der Waals surface area (Å²) in [4.78, 5) is 63.6. The van der Waals surface area contributed by atoms with Crippen molar-refractivity contribution in [1.29, 1.82) is 0 Å². The van der Waals surface area contributed by atoms with E-state index in [1.54, 1.807) is 23.1 Å². The van der Waals surface area contributed by atoms with Crippen molar-refractivity contribution in [2.75, 3.05) is 25.1 Å². The second-order valence-electron chi connectivity index (χ2n) is 16.3. The number of aromatic hydroxyl groups is 1. The minimum absolute atomic E-state index is 0.0329. The molecular weight excluding hydrogens is 717 g/mol. The largest absolute Gasteiger partial charge is 0.504 e. The summed E-state index contributed by atoms with van der Waals surface area (Å²) in [6.07, 6.45) is 4.08. The molecule has 0 unspecified atom stereocenters. The zero-order valence-corrected chi connectivity index (χ0v) is 32.3. The van der Waals surface area contributed by atoms with Gasteiger partial charge in [0.2, 0.25) is 11.8 Å². The number of piperidine rings is 1. The number of rotatable bonds is 9. The molecule has 9 rings (SSSR count). The number of phenolic OH excluding ortho intramolecular Hbond substituents is 1. The average molecular weight is 765 g/mol. The number of fused-ring (bicyclic) bond motifs is 4. The highest BCUT2D eigenvalue weighted by atomic mass is 16.5. The van der Waals surface area contributed by atoms with E-state index in [9.17, 15) is 19.5 Å². The number of carbonyl (C=O) groups is 4. The highest BCUT2D eigenvalue weighted by molar-refractivity contribution is 6.13. The number of benzene rings is 4. The highest BCUT2D eigenvalue weighted by Crippen LogP contribution is 2.64. The van der Waals surface area contributed by atoms with Gasteiger partial charge in [0.25, 0.3) is 11.8 Å². The van der Waals surface area contributed by atoms with Crippen LogP contribution in [-0.2, 0) is 31.1 Å². The van der Waals surface area contributed by atoms with E-state index in [0.29, 0.717) is 42.7 Å². The number of hydrogen-bond donors (Lipinski definition) is 2. The third kappa shape index (κ3) is 6.04. The Morgan fingerprint density at radius 3 is 2.23 bits per heavy atom. The first kappa shape index (κ1) is 36.9. The Kier molecular flexibility index (Phi) is 9.47. The molecule has 57 heavy (non-hydrogen) atoms. The summed E-state index contributed by atoms with van der Waals surface area (Å²) >= 11 is 0. The number of carbonyl (C=O) groups excluding carboxylic acids is 4. The number of amides is 4. The molecule has 10 heteroatoms. The van der Waals surface area contributed by atoms with E-state index in [0.717, 1.165) is 30.8 Å². The van der Waals surface area contributed by atoms with E-state index in [1.165, 1.54) is 10.6 Å². The molecule has 0 aromatic heterocycles. The predicted octanol–water partition coefficient (Wildman–Crippen LogP) is 6.75. The molecule has 3 saturated heterocycles. The van der Waals surface area contributed by atoms with Crippen molar-refractivity contribution in [3.8, 4) is 11.5 Å². The number of anilines is 1. The minimum Gasteiger partial charge on any atom is -0.504 e. The normalized spacial score (nSPS) is 27.5. The van der Waals surface area contributed by atoms with Crippen molar-refractivity contribution in [2.45, 2.75) is 63.5 Å². The zero-order chi connectivity index (χ0) is 39.4. The van der Waals surface area contributed by atoms with Gasteiger partial charge in [-0.1, -0.05) is 96.1 Å². The van der Waals surface area contributed by atoms with Crippen molar-refractivity contribution in [2.24, 2.45) is 23.7 Å². The number of imide groups is 2. The third-order valence-corrected chi connectivity index (χ3v) is 13.2. The number of ether oxygens (including phenoxy) is 1. The van der Waals surface area contributed by atoms with Crippen LogP contribution in [0.5, 0.6) is 11.5 Å². The van der Waals surface area contributed by atoms with Crippen molar-refractivity contribution in [1.82, 2.24) is 14.8 Å². The van der Waals surface area contributed by atoms with Gasteiger partial charge in [0.1, 0.15) is 0 Å². The maximum atomic E-state index is 15.4. The van der Waals surface area contributed by atoms with Gasteiger partial charge in [-0.25, -0.2) is 0 Å². The molecule has 3 aliphatic heterocycles. The molecule has 4 amide bonds. The summed E-state index contributed by atoms with van der Waals surface area (Å²) in [7, 11) is 0. The van der Waals surface area contributed by atoms with Crippen LogP contribution in [0.2, 0.25) is 0 Å². The number of likely N-dealkylation sites (tertiary alicyclic amines) is 2. The van der Waals surface area contributed by atoms with Crippen LogP contribution < -0.4 is 10.2 Å². The van der Waals surface area contributed by atoms with Gasteiger partial charge in [0.15, 0.2) is 11.5 Å². The van der Waals surface area contributed by atoms with Gasteiger partial charge in [0.05, 0.1) is 35.5 Å². The summed E-state index contributed by atoms with van der Waals surface area (Å²) in [5.41, 5.74) is 6.90. The molecular formula is C47H48N4O6. The van der Waals surface area contributed by atoms with Crippen LogP contribution in [0.3, 0.4) is 0 Å². The van der Waals surface area contributed by atoms with Crippen molar-refractivity contribution < 1.29 is 29.0 Å². The van der Waals surface area contributed by atoms with Crippen LogP contribution in [0.15, 0.2) is 115 Å². The van der Waals surface area contributed by atoms with E-state index in [-0.39, 0.29) is 47.6 Å². The topological polar surface area (TPSA) is 119 Å². The lowest BCUT2D eigenvalue weighted by atomic mass is 9.49. The molecule has 6 atom stereocenters. The first-order valence-corrected chi connectivity index (χ1v) is 20.3. The Morgan fingerprint density at radius 2 is 1.53 bits per heavy atom. The van der Waals surface area contributed by atoms with Gasteiger partial charge >= 0.3 is 0 Å². The van der Waals surface area contributed by atoms with Gasteiger partial charge in [-0.2, -0.15) is 5.01 Å². The van der Waals surface area contributed by atoms with Crippen LogP contribution in [0, 0.1) is 30.6 Å². The Balaban J connectivity index is 1.11. The summed E-state index contributed by atoms with van der Waals surface area (Å²) in [6.45, 7) is 6.52. The maximum Gasteiger partial charge on any atom is 0.260 e. The SMILES string of the molecule is CCOc1cc([C@H]2C3=CC[C@@H]4C(=O)N(C5CCN(Cc6ccccc6)CC5)C(=O)[C@@H]4[C@@H]3C[C@H]3C(=O)N(Nc4ccc(C)cc4)C(=O)[C@@]23c2ccccc2)ccc1O. The second-order valence-corrected chi connectivity index (χ2v) is 16.3. The van der Waals surface area contributed by atoms with E-state index in [2.05, 4.69) is 28.5 Å².